The van der Waals surface area contributed by atoms with Crippen LogP contribution in [0, 0.1) is 6.92 Å². The third-order valence-corrected chi connectivity index (χ3v) is 5.87. The number of aryl methyl sites for hydroxylation is 1. The average Bonchev–Trinajstić information content (AvgIpc) is 2.82. The van der Waals surface area contributed by atoms with Crippen molar-refractivity contribution in [3.05, 3.63) is 131 Å². The molecular formula is C30H32. The van der Waals surface area contributed by atoms with Gasteiger partial charge in [-0.25, -0.2) is 0 Å². The van der Waals surface area contributed by atoms with Gasteiger partial charge in [0, 0.05) is 0 Å². The molecule has 0 saturated heterocycles. The second-order valence-electron chi connectivity index (χ2n) is 8.09. The Hall–Kier alpha value is -3.12. The maximum absolute atomic E-state index is 4.06. The van der Waals surface area contributed by atoms with Crippen molar-refractivity contribution >= 4 is 11.1 Å². The number of benzene rings is 2. The molecule has 0 saturated carbocycles. The Morgan fingerprint density at radius 2 is 1.50 bits per heavy atom. The highest BCUT2D eigenvalue weighted by Gasteiger charge is 2.15. The molecule has 152 valence electrons. The highest BCUT2D eigenvalue weighted by Crippen LogP contribution is 2.36. The van der Waals surface area contributed by atoms with Crippen molar-refractivity contribution in [2.45, 2.75) is 40.0 Å². The second kappa shape index (κ2) is 10.1. The highest BCUT2D eigenvalue weighted by molar-refractivity contribution is 5.78. The Morgan fingerprint density at radius 1 is 0.800 bits per heavy atom. The van der Waals surface area contributed by atoms with E-state index in [2.05, 4.69) is 101 Å². The summed E-state index contributed by atoms with van der Waals surface area (Å²) >= 11 is 0. The molecule has 0 spiro atoms. The van der Waals surface area contributed by atoms with Gasteiger partial charge in [0.1, 0.15) is 0 Å². The van der Waals surface area contributed by atoms with Gasteiger partial charge in [-0.05, 0) is 73.5 Å². The Bertz CT molecular complexity index is 1030. The van der Waals surface area contributed by atoms with Crippen LogP contribution in [0.15, 0.2) is 114 Å². The molecule has 0 heteroatoms. The molecular weight excluding hydrogens is 360 g/mol. The van der Waals surface area contributed by atoms with E-state index >= 15 is 0 Å². The van der Waals surface area contributed by atoms with Crippen molar-refractivity contribution in [1.82, 2.24) is 0 Å². The summed E-state index contributed by atoms with van der Waals surface area (Å²) in [6, 6.07) is 19.7. The smallest absolute Gasteiger partial charge is 0.00577 e. The fraction of sp³-hybridized carbons (Fsp3) is 0.200. The molecule has 0 nitrogen and oxygen atoms in total. The SMILES string of the molecule is C=C/C=C(C=C)/C1=C(/C)CCC(c2ccc(C)cc2)=C(C)C/C(c2ccccc2)=C\1. The first-order valence-electron chi connectivity index (χ1n) is 10.7. The van der Waals surface area contributed by atoms with Gasteiger partial charge in [-0.3, -0.25) is 0 Å². The zero-order valence-corrected chi connectivity index (χ0v) is 18.5. The first kappa shape index (κ1) is 21.6. The third-order valence-electron chi connectivity index (χ3n) is 5.87. The zero-order valence-electron chi connectivity index (χ0n) is 18.5. The minimum Gasteiger partial charge on any atom is -0.0990 e. The van der Waals surface area contributed by atoms with Crippen LogP contribution in [0.5, 0.6) is 0 Å². The van der Waals surface area contributed by atoms with Gasteiger partial charge >= 0.3 is 0 Å². The van der Waals surface area contributed by atoms with Crippen LogP contribution in [0.3, 0.4) is 0 Å². The second-order valence-corrected chi connectivity index (χ2v) is 8.09. The Labute approximate surface area is 182 Å². The lowest BCUT2D eigenvalue weighted by molar-refractivity contribution is 0.972. The van der Waals surface area contributed by atoms with Crippen LogP contribution in [-0.2, 0) is 0 Å². The van der Waals surface area contributed by atoms with E-state index in [1.807, 2.05) is 12.2 Å². The maximum atomic E-state index is 4.06. The monoisotopic (exact) mass is 392 g/mol. The van der Waals surface area contributed by atoms with Gasteiger partial charge in [-0.2, -0.15) is 0 Å². The van der Waals surface area contributed by atoms with Crippen LogP contribution in [-0.4, -0.2) is 0 Å². The fourth-order valence-corrected chi connectivity index (χ4v) is 4.11. The van der Waals surface area contributed by atoms with Gasteiger partial charge < -0.3 is 0 Å². The quantitative estimate of drug-likeness (QED) is 0.447. The normalized spacial score (nSPS) is 20.0. The molecule has 0 fully saturated rings. The van der Waals surface area contributed by atoms with E-state index in [1.54, 1.807) is 0 Å². The summed E-state index contributed by atoms with van der Waals surface area (Å²) in [5.74, 6) is 0. The fourth-order valence-electron chi connectivity index (χ4n) is 4.11. The van der Waals surface area contributed by atoms with Gasteiger partial charge in [0.2, 0.25) is 0 Å². The van der Waals surface area contributed by atoms with Gasteiger partial charge in [0.15, 0.2) is 0 Å². The van der Waals surface area contributed by atoms with Crippen molar-refractivity contribution in [3.8, 4) is 0 Å². The highest BCUT2D eigenvalue weighted by atomic mass is 14.2. The van der Waals surface area contributed by atoms with E-state index in [0.29, 0.717) is 0 Å². The van der Waals surface area contributed by atoms with Crippen LogP contribution in [0.1, 0.15) is 49.8 Å². The molecule has 30 heavy (non-hydrogen) atoms. The predicted octanol–water partition coefficient (Wildman–Crippen LogP) is 8.65. The molecule has 0 atom stereocenters. The summed E-state index contributed by atoms with van der Waals surface area (Å²) in [5.41, 5.74) is 11.9. The van der Waals surface area contributed by atoms with Crippen molar-refractivity contribution < 1.29 is 0 Å². The number of rotatable bonds is 5. The lowest BCUT2D eigenvalue weighted by atomic mass is 9.90. The minimum absolute atomic E-state index is 0.933. The van der Waals surface area contributed by atoms with Crippen molar-refractivity contribution in [3.63, 3.8) is 0 Å². The van der Waals surface area contributed by atoms with E-state index in [1.165, 1.54) is 44.6 Å². The summed E-state index contributed by atoms with van der Waals surface area (Å²) in [6.07, 6.45) is 11.2. The van der Waals surface area contributed by atoms with Crippen LogP contribution < -0.4 is 0 Å². The Balaban J connectivity index is 2.18. The summed E-state index contributed by atoms with van der Waals surface area (Å²) in [7, 11) is 0. The van der Waals surface area contributed by atoms with Gasteiger partial charge in [0.05, 0.1) is 0 Å². The molecule has 0 N–H and O–H groups in total. The lowest BCUT2D eigenvalue weighted by Crippen LogP contribution is -1.93. The predicted molar refractivity (Wildman–Crippen MR) is 133 cm³/mol. The van der Waals surface area contributed by atoms with E-state index in [0.717, 1.165) is 24.8 Å². The topological polar surface area (TPSA) is 0 Å². The van der Waals surface area contributed by atoms with Crippen molar-refractivity contribution in [2.75, 3.05) is 0 Å². The molecule has 2 aromatic carbocycles. The molecule has 3 rings (SSSR count). The number of hydrogen-bond donors (Lipinski definition) is 0. The van der Waals surface area contributed by atoms with Crippen LogP contribution in [0.25, 0.3) is 11.1 Å². The molecule has 0 aliphatic heterocycles. The summed E-state index contributed by atoms with van der Waals surface area (Å²) in [6.45, 7) is 14.7. The summed E-state index contributed by atoms with van der Waals surface area (Å²) in [4.78, 5) is 0. The average molecular weight is 393 g/mol. The standard InChI is InChI=1S/C30H32/c1-6-11-25(7-2)30-21-28(26-12-9-8-10-13-26)20-24(5)29(19-16-23(30)4)27-17-14-22(3)15-18-27/h6-15,17-18,21H,1-2,16,19-20H2,3-5H3/b25-11+,28-21+,29-24?,30-23-. The van der Waals surface area contributed by atoms with Crippen LogP contribution >= 0.6 is 0 Å². The summed E-state index contributed by atoms with van der Waals surface area (Å²) in [5, 5.41) is 0. The molecule has 1 aliphatic carbocycles. The van der Waals surface area contributed by atoms with Crippen LogP contribution in [0.4, 0.5) is 0 Å². The maximum Gasteiger partial charge on any atom is -0.00577 e. The van der Waals surface area contributed by atoms with Gasteiger partial charge in [-0.15, -0.1) is 0 Å². The third kappa shape index (κ3) is 5.07. The zero-order chi connectivity index (χ0) is 21.5. The van der Waals surface area contributed by atoms with Gasteiger partial charge in [-0.1, -0.05) is 109 Å². The van der Waals surface area contributed by atoms with E-state index in [4.69, 9.17) is 0 Å². The molecule has 0 unspecified atom stereocenters. The molecule has 2 aromatic rings. The van der Waals surface area contributed by atoms with E-state index in [9.17, 15) is 0 Å². The lowest BCUT2D eigenvalue weighted by Gasteiger charge is -2.14. The molecule has 0 heterocycles. The largest absolute Gasteiger partial charge is 0.0990 e. The Kier molecular flexibility index (Phi) is 7.25. The molecule has 1 aliphatic rings. The first-order valence-corrected chi connectivity index (χ1v) is 10.7. The Morgan fingerprint density at radius 3 is 2.13 bits per heavy atom. The van der Waals surface area contributed by atoms with Crippen molar-refractivity contribution in [2.24, 2.45) is 0 Å². The number of allylic oxidation sites excluding steroid dienone is 10. The van der Waals surface area contributed by atoms with E-state index < -0.39 is 0 Å². The van der Waals surface area contributed by atoms with Gasteiger partial charge in [0.25, 0.3) is 0 Å². The molecule has 0 amide bonds. The summed E-state index contributed by atoms with van der Waals surface area (Å²) < 4.78 is 0. The molecule has 0 radical (unpaired) electrons. The number of hydrogen-bond acceptors (Lipinski definition) is 0. The minimum atomic E-state index is 0.933. The van der Waals surface area contributed by atoms with E-state index in [-0.39, 0.29) is 0 Å². The first-order chi connectivity index (χ1) is 14.5. The van der Waals surface area contributed by atoms with Crippen LogP contribution in [0.2, 0.25) is 0 Å². The molecule has 0 aromatic heterocycles. The van der Waals surface area contributed by atoms with Crippen molar-refractivity contribution in [1.29, 1.82) is 0 Å². The molecule has 0 bridgehead atoms.